The van der Waals surface area contributed by atoms with Crippen LogP contribution in [-0.2, 0) is 14.3 Å². The molecule has 0 bridgehead atoms. The van der Waals surface area contributed by atoms with Gasteiger partial charge < -0.3 is 19.9 Å². The maximum atomic E-state index is 13.9. The Bertz CT molecular complexity index is 1220. The van der Waals surface area contributed by atoms with Gasteiger partial charge in [-0.1, -0.05) is 131 Å². The van der Waals surface area contributed by atoms with Crippen molar-refractivity contribution in [1.29, 1.82) is 0 Å². The fourth-order valence-electron chi connectivity index (χ4n) is 8.22. The quantitative estimate of drug-likeness (QED) is 0.0637. The standard InChI is InChI=1S/C42H73N3O5S/c1-8-11-14-17-23-42(24-18-15-12-9-2,25-19-16-13-10-3)33(7)40(47)43-36-22-26-45(41(48)44-36)37-30-51-39(50-37)29-38(46)49-35-28-32(6)20-21-34(35)27-31(4)5/h22,26,31-32,34-35,37,39,47H,8-21,23-25,27-30H2,1-7H3,(H,43,44,48)/p-1. The number of allylic oxidation sites excluding steroid dienone is 1. The van der Waals surface area contributed by atoms with E-state index in [2.05, 4.69) is 51.8 Å². The van der Waals surface area contributed by atoms with Crippen molar-refractivity contribution in [2.24, 2.45) is 23.2 Å². The number of nitrogens with one attached hydrogen (secondary N) is 1. The first-order chi connectivity index (χ1) is 24.5. The molecule has 0 amide bonds. The predicted molar refractivity (Wildman–Crippen MR) is 210 cm³/mol. The molecule has 1 aliphatic heterocycles. The normalized spacial score (nSPS) is 23.0. The molecule has 1 saturated carbocycles. The Kier molecular flexibility index (Phi) is 19.5. The molecule has 8 nitrogen and oxygen atoms in total. The lowest BCUT2D eigenvalue weighted by atomic mass is 9.69. The molecule has 0 aromatic carbocycles. The summed E-state index contributed by atoms with van der Waals surface area (Å²) in [4.78, 5) is 30.5. The van der Waals surface area contributed by atoms with E-state index in [4.69, 9.17) is 9.47 Å². The summed E-state index contributed by atoms with van der Waals surface area (Å²) in [6, 6.07) is 1.69. The number of thioether (sulfide) groups is 1. The third-order valence-corrected chi connectivity index (χ3v) is 12.5. The van der Waals surface area contributed by atoms with Crippen LogP contribution in [0, 0.1) is 23.2 Å². The van der Waals surface area contributed by atoms with E-state index in [9.17, 15) is 14.7 Å². The Morgan fingerprint density at radius 2 is 1.63 bits per heavy atom. The van der Waals surface area contributed by atoms with Gasteiger partial charge >= 0.3 is 11.7 Å². The number of unbranched alkanes of at least 4 members (excludes halogenated alkanes) is 9. The molecular weight excluding hydrogens is 659 g/mol. The number of ether oxygens (including phenoxy) is 2. The molecule has 1 N–H and O–H groups in total. The molecule has 2 aliphatic rings. The lowest BCUT2D eigenvalue weighted by Crippen LogP contribution is -2.34. The summed E-state index contributed by atoms with van der Waals surface area (Å²) in [6.45, 7) is 15.4. The Labute approximate surface area is 314 Å². The Balaban J connectivity index is 1.67. The number of nitrogens with zero attached hydrogens (tertiary/aromatic N) is 2. The Morgan fingerprint density at radius 3 is 2.18 bits per heavy atom. The first-order valence-corrected chi connectivity index (χ1v) is 21.8. The average Bonchev–Trinajstić information content (AvgIpc) is 3.55. The molecule has 5 atom stereocenters. The number of carbonyl (C=O) groups is 1. The Hall–Kier alpha value is -2.00. The first-order valence-electron chi connectivity index (χ1n) is 20.7. The minimum absolute atomic E-state index is 0.0327. The summed E-state index contributed by atoms with van der Waals surface area (Å²) in [7, 11) is 0. The van der Waals surface area contributed by atoms with E-state index in [1.165, 1.54) is 80.5 Å². The van der Waals surface area contributed by atoms with Crippen LogP contribution >= 0.6 is 11.8 Å². The number of esters is 1. The molecule has 2 heterocycles. The van der Waals surface area contributed by atoms with Crippen molar-refractivity contribution in [3.63, 3.8) is 0 Å². The fourth-order valence-corrected chi connectivity index (χ4v) is 9.30. The molecule has 1 aliphatic carbocycles. The summed E-state index contributed by atoms with van der Waals surface area (Å²) in [5.41, 5.74) is -0.113. The van der Waals surface area contributed by atoms with Gasteiger partial charge in [-0.3, -0.25) is 9.36 Å². The monoisotopic (exact) mass is 731 g/mol. The van der Waals surface area contributed by atoms with Crippen molar-refractivity contribution in [2.75, 3.05) is 11.1 Å². The molecule has 2 fully saturated rings. The van der Waals surface area contributed by atoms with Crippen molar-refractivity contribution in [1.82, 2.24) is 9.55 Å². The zero-order chi connectivity index (χ0) is 37.2. The summed E-state index contributed by atoms with van der Waals surface area (Å²) in [5.74, 6) is 1.99. The van der Waals surface area contributed by atoms with Crippen LogP contribution in [0.2, 0.25) is 0 Å². The zero-order valence-corrected chi connectivity index (χ0v) is 34.1. The van der Waals surface area contributed by atoms with E-state index in [0.717, 1.165) is 63.4 Å². The minimum Gasteiger partial charge on any atom is -0.860 e. The van der Waals surface area contributed by atoms with E-state index in [-0.39, 0.29) is 41.0 Å². The average molecular weight is 731 g/mol. The smallest absolute Gasteiger partial charge is 0.351 e. The molecule has 5 unspecified atom stereocenters. The highest BCUT2D eigenvalue weighted by atomic mass is 32.2. The summed E-state index contributed by atoms with van der Waals surface area (Å²) < 4.78 is 13.7. The van der Waals surface area contributed by atoms with Crippen LogP contribution in [0.15, 0.2) is 28.5 Å². The van der Waals surface area contributed by atoms with Crippen molar-refractivity contribution >= 4 is 23.5 Å². The van der Waals surface area contributed by atoms with Crippen molar-refractivity contribution in [3.8, 4) is 0 Å². The van der Waals surface area contributed by atoms with Gasteiger partial charge in [-0.15, -0.1) is 11.8 Å². The lowest BCUT2D eigenvalue weighted by Gasteiger charge is -2.39. The number of rotatable bonds is 24. The molecule has 3 rings (SSSR count). The number of hydrogen-bond acceptors (Lipinski definition) is 8. The Morgan fingerprint density at radius 1 is 1.02 bits per heavy atom. The van der Waals surface area contributed by atoms with Crippen LogP contribution in [0.3, 0.4) is 0 Å². The minimum atomic E-state index is -0.531. The van der Waals surface area contributed by atoms with E-state index < -0.39 is 11.9 Å². The van der Waals surface area contributed by atoms with Crippen LogP contribution in [0.25, 0.3) is 0 Å². The largest absolute Gasteiger partial charge is 0.860 e. The van der Waals surface area contributed by atoms with E-state index >= 15 is 0 Å². The number of carbonyl (C=O) groups excluding carboxylic acids is 1. The fraction of sp³-hybridized carbons (Fsp3) is 0.833. The van der Waals surface area contributed by atoms with Gasteiger partial charge in [-0.2, -0.15) is 4.98 Å². The predicted octanol–water partition coefficient (Wildman–Crippen LogP) is 10.5. The second-order valence-electron chi connectivity index (χ2n) is 16.2. The first kappa shape index (κ1) is 43.4. The molecule has 1 aromatic rings. The molecule has 0 spiro atoms. The molecule has 51 heavy (non-hydrogen) atoms. The highest BCUT2D eigenvalue weighted by Crippen LogP contribution is 2.44. The number of aromatic nitrogens is 2. The second-order valence-corrected chi connectivity index (χ2v) is 17.4. The molecule has 0 radical (unpaired) electrons. The topological polar surface area (TPSA) is 106 Å². The van der Waals surface area contributed by atoms with Gasteiger partial charge in [0.1, 0.15) is 23.6 Å². The summed E-state index contributed by atoms with van der Waals surface area (Å²) >= 11 is 1.52. The molecule has 1 saturated heterocycles. The third kappa shape index (κ3) is 14.4. The van der Waals surface area contributed by atoms with E-state index in [0.29, 0.717) is 23.5 Å². The van der Waals surface area contributed by atoms with E-state index in [1.54, 1.807) is 12.3 Å². The van der Waals surface area contributed by atoms with Gasteiger partial charge in [0, 0.05) is 11.9 Å². The SMILES string of the molecule is CCCCCCC(CCCCCC)(CCCCCC)C(C)=C([O-])Nc1ccn(C2CSC(CC(=O)OC3CC(C)CCC3CC(C)C)O2)c(=O)n1. The van der Waals surface area contributed by atoms with Crippen molar-refractivity contribution in [2.45, 2.75) is 195 Å². The maximum Gasteiger partial charge on any atom is 0.351 e. The van der Waals surface area contributed by atoms with Crippen LogP contribution in [-0.4, -0.2) is 32.8 Å². The number of hydrogen-bond donors (Lipinski definition) is 1. The summed E-state index contributed by atoms with van der Waals surface area (Å²) in [5, 5.41) is 16.9. The van der Waals surface area contributed by atoms with Crippen molar-refractivity contribution in [3.05, 3.63) is 34.2 Å². The van der Waals surface area contributed by atoms with Gasteiger partial charge in [0.25, 0.3) is 0 Å². The molecular formula is C42H72N3O5S-. The molecule has 9 heteroatoms. The van der Waals surface area contributed by atoms with Gasteiger partial charge in [0.05, 0.1) is 6.42 Å². The van der Waals surface area contributed by atoms with Crippen LogP contribution in [0.4, 0.5) is 5.82 Å². The van der Waals surface area contributed by atoms with Crippen LogP contribution in [0.1, 0.15) is 183 Å². The van der Waals surface area contributed by atoms with Gasteiger partial charge in [0.2, 0.25) is 0 Å². The zero-order valence-electron chi connectivity index (χ0n) is 33.3. The van der Waals surface area contributed by atoms with E-state index in [1.807, 2.05) is 6.92 Å². The second kappa shape index (κ2) is 22.9. The van der Waals surface area contributed by atoms with Gasteiger partial charge in [0.15, 0.2) is 0 Å². The third-order valence-electron chi connectivity index (χ3n) is 11.4. The molecule has 1 aromatic heterocycles. The maximum absolute atomic E-state index is 13.9. The summed E-state index contributed by atoms with van der Waals surface area (Å²) in [6.07, 6.45) is 22.8. The van der Waals surface area contributed by atoms with Gasteiger partial charge in [-0.25, -0.2) is 4.79 Å². The van der Waals surface area contributed by atoms with Crippen LogP contribution in [0.5, 0.6) is 0 Å². The number of anilines is 1. The van der Waals surface area contributed by atoms with Crippen LogP contribution < -0.4 is 16.1 Å². The highest BCUT2D eigenvalue weighted by molar-refractivity contribution is 8.00. The van der Waals surface area contributed by atoms with Gasteiger partial charge in [-0.05, 0) is 80.6 Å². The highest BCUT2D eigenvalue weighted by Gasteiger charge is 2.35. The molecule has 292 valence electrons. The van der Waals surface area contributed by atoms with Crippen molar-refractivity contribution < 1.29 is 19.4 Å². The lowest BCUT2D eigenvalue weighted by molar-refractivity contribution is -0.302.